The Morgan fingerprint density at radius 3 is 2.68 bits per heavy atom. The minimum atomic E-state index is -0.594. The predicted molar refractivity (Wildman–Crippen MR) is 93.2 cm³/mol. The molecular formula is C20H22F2N2O. The topological polar surface area (TPSA) is 32.3 Å². The smallest absolute Gasteiger partial charge is 0.317 e. The lowest BCUT2D eigenvalue weighted by atomic mass is 10.1. The first-order valence-corrected chi connectivity index (χ1v) is 8.57. The Morgan fingerprint density at radius 2 is 2.00 bits per heavy atom. The van der Waals surface area contributed by atoms with Crippen LogP contribution in [0.3, 0.4) is 0 Å². The second-order valence-electron chi connectivity index (χ2n) is 6.57. The van der Waals surface area contributed by atoms with Gasteiger partial charge in [-0.15, -0.1) is 0 Å². The number of carbonyl (C=O) groups excluding carboxylic acids is 1. The van der Waals surface area contributed by atoms with E-state index in [0.29, 0.717) is 25.1 Å². The molecule has 2 aromatic rings. The van der Waals surface area contributed by atoms with Crippen molar-refractivity contribution in [2.24, 2.45) is 0 Å². The Bertz CT molecular complexity index is 759. The number of aryl methyl sites for hydroxylation is 1. The van der Waals surface area contributed by atoms with Crippen LogP contribution in [-0.4, -0.2) is 23.5 Å². The summed E-state index contributed by atoms with van der Waals surface area (Å²) in [4.78, 5) is 14.3. The van der Waals surface area contributed by atoms with E-state index in [9.17, 15) is 13.6 Å². The maximum Gasteiger partial charge on any atom is 0.317 e. The van der Waals surface area contributed by atoms with Crippen molar-refractivity contribution in [2.75, 3.05) is 6.54 Å². The lowest BCUT2D eigenvalue weighted by Gasteiger charge is -2.23. The van der Waals surface area contributed by atoms with Crippen molar-refractivity contribution in [3.8, 4) is 0 Å². The van der Waals surface area contributed by atoms with Crippen LogP contribution in [0, 0.1) is 18.6 Å². The Labute approximate surface area is 146 Å². The summed E-state index contributed by atoms with van der Waals surface area (Å²) in [5, 5.41) is 2.86. The average molecular weight is 344 g/mol. The predicted octanol–water partition coefficient (Wildman–Crippen LogP) is 4.19. The van der Waals surface area contributed by atoms with Crippen LogP contribution >= 0.6 is 0 Å². The summed E-state index contributed by atoms with van der Waals surface area (Å²) in [7, 11) is 0. The fourth-order valence-corrected chi connectivity index (χ4v) is 2.89. The van der Waals surface area contributed by atoms with Gasteiger partial charge in [0.25, 0.3) is 0 Å². The number of amides is 2. The molecule has 0 saturated heterocycles. The average Bonchev–Trinajstić information content (AvgIpc) is 3.39. The number of halogens is 2. The summed E-state index contributed by atoms with van der Waals surface area (Å²) < 4.78 is 26.6. The van der Waals surface area contributed by atoms with E-state index in [0.717, 1.165) is 24.5 Å². The minimum absolute atomic E-state index is 0.133. The van der Waals surface area contributed by atoms with Gasteiger partial charge < -0.3 is 10.2 Å². The summed E-state index contributed by atoms with van der Waals surface area (Å²) in [6, 6.07) is 11.8. The van der Waals surface area contributed by atoms with Gasteiger partial charge in [-0.05, 0) is 43.4 Å². The molecule has 3 rings (SSSR count). The van der Waals surface area contributed by atoms with Gasteiger partial charge in [0, 0.05) is 25.2 Å². The lowest BCUT2D eigenvalue weighted by Crippen LogP contribution is -2.41. The van der Waals surface area contributed by atoms with Crippen LogP contribution in [0.15, 0.2) is 42.5 Å². The molecule has 0 aliphatic heterocycles. The van der Waals surface area contributed by atoms with Gasteiger partial charge in [-0.1, -0.05) is 35.9 Å². The maximum atomic E-state index is 13.6. The van der Waals surface area contributed by atoms with Gasteiger partial charge in [0.05, 0.1) is 0 Å². The quantitative estimate of drug-likeness (QED) is 0.837. The highest BCUT2D eigenvalue weighted by molar-refractivity contribution is 5.75. The second kappa shape index (κ2) is 7.64. The summed E-state index contributed by atoms with van der Waals surface area (Å²) in [6.45, 7) is 2.92. The zero-order chi connectivity index (χ0) is 17.8. The summed E-state index contributed by atoms with van der Waals surface area (Å²) >= 11 is 0. The highest BCUT2D eigenvalue weighted by atomic mass is 19.1. The molecular weight excluding hydrogens is 322 g/mol. The molecule has 0 atom stereocenters. The number of rotatable bonds is 6. The maximum absolute atomic E-state index is 13.6. The Balaban J connectivity index is 1.56. The number of benzene rings is 2. The first kappa shape index (κ1) is 17.4. The Hall–Kier alpha value is -2.43. The molecule has 5 heteroatoms. The van der Waals surface area contributed by atoms with E-state index < -0.39 is 11.6 Å². The number of hydrogen-bond donors (Lipinski definition) is 1. The minimum Gasteiger partial charge on any atom is -0.338 e. The lowest BCUT2D eigenvalue weighted by molar-refractivity contribution is 0.192. The van der Waals surface area contributed by atoms with Crippen molar-refractivity contribution in [3.05, 3.63) is 70.8 Å². The largest absolute Gasteiger partial charge is 0.338 e. The van der Waals surface area contributed by atoms with Gasteiger partial charge in [-0.25, -0.2) is 13.6 Å². The normalized spacial score (nSPS) is 13.6. The molecule has 2 amide bonds. The standard InChI is InChI=1S/C20H22F2N2O/c1-14-3-2-4-15(11-14)13-24(18-7-8-18)20(25)23-10-9-16-5-6-17(21)12-19(16)22/h2-6,11-12,18H,7-10,13H2,1H3,(H,23,25). The van der Waals surface area contributed by atoms with E-state index in [-0.39, 0.29) is 12.1 Å². The first-order valence-electron chi connectivity index (χ1n) is 8.57. The van der Waals surface area contributed by atoms with Crippen LogP contribution in [0.5, 0.6) is 0 Å². The molecule has 0 heterocycles. The highest BCUT2D eigenvalue weighted by Gasteiger charge is 2.32. The van der Waals surface area contributed by atoms with Crippen molar-refractivity contribution < 1.29 is 13.6 Å². The van der Waals surface area contributed by atoms with Crippen molar-refractivity contribution in [3.63, 3.8) is 0 Å². The van der Waals surface area contributed by atoms with Crippen LogP contribution in [0.1, 0.15) is 29.5 Å². The van der Waals surface area contributed by atoms with Crippen LogP contribution in [0.2, 0.25) is 0 Å². The van der Waals surface area contributed by atoms with E-state index in [1.165, 1.54) is 17.7 Å². The van der Waals surface area contributed by atoms with E-state index in [1.54, 1.807) is 0 Å². The number of nitrogens with zero attached hydrogens (tertiary/aromatic N) is 1. The molecule has 3 nitrogen and oxygen atoms in total. The van der Waals surface area contributed by atoms with Crippen molar-refractivity contribution in [2.45, 2.75) is 38.8 Å². The number of carbonyl (C=O) groups is 1. The number of urea groups is 1. The van der Waals surface area contributed by atoms with Gasteiger partial charge in [0.2, 0.25) is 0 Å². The Morgan fingerprint density at radius 1 is 1.20 bits per heavy atom. The fourth-order valence-electron chi connectivity index (χ4n) is 2.89. The van der Waals surface area contributed by atoms with Crippen molar-refractivity contribution in [1.29, 1.82) is 0 Å². The molecule has 0 bridgehead atoms. The van der Waals surface area contributed by atoms with E-state index in [1.807, 2.05) is 30.0 Å². The zero-order valence-corrected chi connectivity index (χ0v) is 14.3. The molecule has 0 aromatic heterocycles. The van der Waals surface area contributed by atoms with Crippen molar-refractivity contribution >= 4 is 6.03 Å². The van der Waals surface area contributed by atoms with E-state index in [2.05, 4.69) is 11.4 Å². The second-order valence-corrected chi connectivity index (χ2v) is 6.57. The molecule has 1 fully saturated rings. The van der Waals surface area contributed by atoms with Gasteiger partial charge in [-0.3, -0.25) is 0 Å². The zero-order valence-electron chi connectivity index (χ0n) is 14.3. The summed E-state index contributed by atoms with van der Waals surface area (Å²) in [5.74, 6) is -1.17. The summed E-state index contributed by atoms with van der Waals surface area (Å²) in [6.07, 6.45) is 2.37. The van der Waals surface area contributed by atoms with E-state index >= 15 is 0 Å². The van der Waals surface area contributed by atoms with E-state index in [4.69, 9.17) is 0 Å². The third kappa shape index (κ3) is 4.78. The highest BCUT2D eigenvalue weighted by Crippen LogP contribution is 2.28. The monoisotopic (exact) mass is 344 g/mol. The van der Waals surface area contributed by atoms with Crippen LogP contribution in [0.25, 0.3) is 0 Å². The van der Waals surface area contributed by atoms with Gasteiger partial charge in [-0.2, -0.15) is 0 Å². The molecule has 1 aliphatic rings. The molecule has 1 saturated carbocycles. The van der Waals surface area contributed by atoms with Gasteiger partial charge >= 0.3 is 6.03 Å². The summed E-state index contributed by atoms with van der Waals surface area (Å²) in [5.41, 5.74) is 2.67. The SMILES string of the molecule is Cc1cccc(CN(C(=O)NCCc2ccc(F)cc2F)C2CC2)c1. The molecule has 1 aliphatic carbocycles. The van der Waals surface area contributed by atoms with Crippen LogP contribution in [-0.2, 0) is 13.0 Å². The third-order valence-corrected chi connectivity index (χ3v) is 4.37. The molecule has 0 unspecified atom stereocenters. The van der Waals surface area contributed by atoms with Crippen molar-refractivity contribution in [1.82, 2.24) is 10.2 Å². The van der Waals surface area contributed by atoms with Gasteiger partial charge in [0.1, 0.15) is 11.6 Å². The number of nitrogens with one attached hydrogen (secondary N) is 1. The fraction of sp³-hybridized carbons (Fsp3) is 0.350. The molecule has 2 aromatic carbocycles. The van der Waals surface area contributed by atoms with Crippen LogP contribution in [0.4, 0.5) is 13.6 Å². The van der Waals surface area contributed by atoms with Gasteiger partial charge in [0.15, 0.2) is 0 Å². The molecule has 0 spiro atoms. The molecule has 132 valence electrons. The number of hydrogen-bond acceptors (Lipinski definition) is 1. The molecule has 1 N–H and O–H groups in total. The first-order chi connectivity index (χ1) is 12.0. The Kier molecular flexibility index (Phi) is 5.31. The molecule has 25 heavy (non-hydrogen) atoms. The third-order valence-electron chi connectivity index (χ3n) is 4.37. The van der Waals surface area contributed by atoms with Crippen LogP contribution < -0.4 is 5.32 Å². The molecule has 0 radical (unpaired) electrons.